The molecular weight excluding hydrogens is 539 g/mol. The van der Waals surface area contributed by atoms with Gasteiger partial charge in [0, 0.05) is 18.9 Å². The van der Waals surface area contributed by atoms with E-state index < -0.39 is 6.09 Å². The summed E-state index contributed by atoms with van der Waals surface area (Å²) >= 11 is 0. The molecule has 2 unspecified atom stereocenters. The van der Waals surface area contributed by atoms with Gasteiger partial charge in [-0.1, -0.05) is 0 Å². The van der Waals surface area contributed by atoms with Gasteiger partial charge < -0.3 is 24.8 Å². The van der Waals surface area contributed by atoms with Gasteiger partial charge in [0.1, 0.15) is 24.3 Å². The number of imide groups is 1. The predicted molar refractivity (Wildman–Crippen MR) is 140 cm³/mol. The molecule has 2 saturated heterocycles. The number of nitrogens with one attached hydrogen (secondary N) is 2. The van der Waals surface area contributed by atoms with Gasteiger partial charge in [0.25, 0.3) is 11.8 Å². The SMILES string of the molecule is O=C1COc2ncc(N3CC(CCNCC4Cc5cc(OCCN6C(=O)CCC6=O)cc(F)c5C4)OC3=O)nc2N1. The Bertz CT molecular complexity index is 1390. The molecule has 13 nitrogen and oxygen atoms in total. The third-order valence-corrected chi connectivity index (χ3v) is 7.55. The Morgan fingerprint density at radius 2 is 1.98 bits per heavy atom. The molecule has 4 amide bonds. The van der Waals surface area contributed by atoms with Crippen LogP contribution in [0.15, 0.2) is 18.3 Å². The molecule has 14 heteroatoms. The lowest BCUT2D eigenvalue weighted by molar-refractivity contribution is -0.138. The molecular formula is C27H29FN6O7. The molecule has 41 heavy (non-hydrogen) atoms. The van der Waals surface area contributed by atoms with Gasteiger partial charge >= 0.3 is 6.09 Å². The van der Waals surface area contributed by atoms with Crippen molar-refractivity contribution in [1.82, 2.24) is 20.2 Å². The number of rotatable bonds is 10. The van der Waals surface area contributed by atoms with Crippen LogP contribution in [0.2, 0.25) is 0 Å². The number of benzene rings is 1. The maximum Gasteiger partial charge on any atom is 0.415 e. The number of amides is 4. The van der Waals surface area contributed by atoms with Crippen LogP contribution in [0.25, 0.3) is 0 Å². The van der Waals surface area contributed by atoms with Crippen molar-refractivity contribution < 1.29 is 37.8 Å². The lowest BCUT2D eigenvalue weighted by Crippen LogP contribution is -2.33. The maximum absolute atomic E-state index is 14.8. The standard InChI is InChI=1S/C27H29FN6O7/c28-20-10-18(39-6-5-33-23(36)1-2-24(33)37)9-16-7-15(8-19(16)20)11-29-4-3-17-13-34(27(38)41-17)21-12-30-26-25(31-21)32-22(35)14-40-26/h9-10,12,15,17,29H,1-8,11,13-14H2,(H,31,32,35). The molecule has 2 atom stereocenters. The van der Waals surface area contributed by atoms with Crippen LogP contribution >= 0.6 is 0 Å². The van der Waals surface area contributed by atoms with Crippen LogP contribution in [0.3, 0.4) is 0 Å². The molecule has 1 aromatic carbocycles. The number of aromatic nitrogens is 2. The van der Waals surface area contributed by atoms with E-state index in [1.807, 2.05) is 6.07 Å². The quantitative estimate of drug-likeness (QED) is 0.316. The van der Waals surface area contributed by atoms with Gasteiger partial charge in [-0.15, -0.1) is 0 Å². The first kappa shape index (κ1) is 26.9. The van der Waals surface area contributed by atoms with E-state index >= 15 is 0 Å². The molecule has 0 radical (unpaired) electrons. The van der Waals surface area contributed by atoms with Gasteiger partial charge in [-0.25, -0.2) is 19.2 Å². The lowest BCUT2D eigenvalue weighted by atomic mass is 10.1. The van der Waals surface area contributed by atoms with Crippen LogP contribution in [0, 0.1) is 11.7 Å². The number of hydrogen-bond acceptors (Lipinski definition) is 10. The molecule has 6 rings (SSSR count). The highest BCUT2D eigenvalue weighted by Crippen LogP contribution is 2.32. The van der Waals surface area contributed by atoms with E-state index in [1.165, 1.54) is 22.1 Å². The molecule has 1 aromatic heterocycles. The zero-order chi connectivity index (χ0) is 28.5. The zero-order valence-corrected chi connectivity index (χ0v) is 22.2. The average Bonchev–Trinajstić information content (AvgIpc) is 3.63. The normalized spacial score (nSPS) is 21.5. The van der Waals surface area contributed by atoms with Crippen molar-refractivity contribution in [3.05, 3.63) is 35.3 Å². The first-order chi connectivity index (χ1) is 19.8. The van der Waals surface area contributed by atoms with E-state index in [0.717, 1.165) is 5.56 Å². The fourth-order valence-electron chi connectivity index (χ4n) is 5.52. The molecule has 0 bridgehead atoms. The van der Waals surface area contributed by atoms with Crippen LogP contribution in [0.1, 0.15) is 30.4 Å². The lowest BCUT2D eigenvalue weighted by Gasteiger charge is -2.18. The number of nitrogens with zero attached hydrogens (tertiary/aromatic N) is 4. The molecule has 1 aliphatic carbocycles. The Morgan fingerprint density at radius 1 is 1.15 bits per heavy atom. The van der Waals surface area contributed by atoms with Crippen molar-refractivity contribution in [2.45, 2.75) is 38.2 Å². The summed E-state index contributed by atoms with van der Waals surface area (Å²) in [5.41, 5.74) is 1.58. The van der Waals surface area contributed by atoms with Gasteiger partial charge in [-0.2, -0.15) is 0 Å². The zero-order valence-electron chi connectivity index (χ0n) is 22.2. The Hall–Kier alpha value is -4.33. The van der Waals surface area contributed by atoms with Gasteiger partial charge in [-0.05, 0) is 55.5 Å². The second kappa shape index (κ2) is 11.3. The van der Waals surface area contributed by atoms with Gasteiger partial charge in [0.05, 0.1) is 19.3 Å². The first-order valence-electron chi connectivity index (χ1n) is 13.6. The molecule has 3 aliphatic heterocycles. The highest BCUT2D eigenvalue weighted by molar-refractivity contribution is 6.01. The molecule has 216 valence electrons. The number of carbonyl (C=O) groups excluding carboxylic acids is 4. The van der Waals surface area contributed by atoms with Gasteiger partial charge in [0.2, 0.25) is 11.8 Å². The number of fused-ring (bicyclic) bond motifs is 2. The Balaban J connectivity index is 0.942. The fraction of sp³-hybridized carbons (Fsp3) is 0.481. The van der Waals surface area contributed by atoms with Crippen molar-refractivity contribution in [2.75, 3.05) is 49.6 Å². The van der Waals surface area contributed by atoms with Crippen LogP contribution in [0.5, 0.6) is 11.6 Å². The molecule has 2 fully saturated rings. The Morgan fingerprint density at radius 3 is 2.80 bits per heavy atom. The highest BCUT2D eigenvalue weighted by atomic mass is 19.1. The Labute approximate surface area is 234 Å². The molecule has 2 N–H and O–H groups in total. The van der Waals surface area contributed by atoms with Crippen LogP contribution < -0.4 is 25.0 Å². The summed E-state index contributed by atoms with van der Waals surface area (Å²) < 4.78 is 31.1. The van der Waals surface area contributed by atoms with Crippen LogP contribution in [-0.4, -0.2) is 84.2 Å². The molecule has 0 spiro atoms. The average molecular weight is 569 g/mol. The molecule has 4 aliphatic rings. The number of likely N-dealkylation sites (tertiary alicyclic amines) is 1. The van der Waals surface area contributed by atoms with E-state index in [4.69, 9.17) is 14.2 Å². The minimum atomic E-state index is -0.536. The van der Waals surface area contributed by atoms with E-state index in [9.17, 15) is 23.6 Å². The summed E-state index contributed by atoms with van der Waals surface area (Å²) in [7, 11) is 0. The van der Waals surface area contributed by atoms with Crippen molar-refractivity contribution in [2.24, 2.45) is 5.92 Å². The monoisotopic (exact) mass is 568 g/mol. The first-order valence-corrected chi connectivity index (χ1v) is 13.6. The van der Waals surface area contributed by atoms with Crippen molar-refractivity contribution in [1.29, 1.82) is 0 Å². The number of halogens is 1. The summed E-state index contributed by atoms with van der Waals surface area (Å²) in [5, 5.41) is 5.96. The van der Waals surface area contributed by atoms with Gasteiger partial charge in [-0.3, -0.25) is 24.2 Å². The largest absolute Gasteiger partial charge is 0.492 e. The molecule has 0 saturated carbocycles. The second-order valence-corrected chi connectivity index (χ2v) is 10.4. The topological polar surface area (TPSA) is 152 Å². The summed E-state index contributed by atoms with van der Waals surface area (Å²) in [5.74, 6) is 0.169. The van der Waals surface area contributed by atoms with Crippen molar-refractivity contribution in [3.8, 4) is 11.6 Å². The predicted octanol–water partition coefficient (Wildman–Crippen LogP) is 1.19. The van der Waals surface area contributed by atoms with E-state index in [1.54, 1.807) is 0 Å². The maximum atomic E-state index is 14.8. The number of anilines is 2. The van der Waals surface area contributed by atoms with Gasteiger partial charge in [0.15, 0.2) is 18.2 Å². The third-order valence-electron chi connectivity index (χ3n) is 7.55. The molecule has 4 heterocycles. The van der Waals surface area contributed by atoms with Crippen molar-refractivity contribution >= 4 is 35.5 Å². The highest BCUT2D eigenvalue weighted by Gasteiger charge is 2.34. The smallest absolute Gasteiger partial charge is 0.415 e. The second-order valence-electron chi connectivity index (χ2n) is 10.4. The van der Waals surface area contributed by atoms with Crippen LogP contribution in [0.4, 0.5) is 20.8 Å². The van der Waals surface area contributed by atoms with E-state index in [-0.39, 0.29) is 85.7 Å². The van der Waals surface area contributed by atoms with Crippen LogP contribution in [-0.2, 0) is 32.0 Å². The summed E-state index contributed by atoms with van der Waals surface area (Å²) in [6.07, 6.45) is 2.87. The van der Waals surface area contributed by atoms with E-state index in [2.05, 4.69) is 20.6 Å². The van der Waals surface area contributed by atoms with Crippen molar-refractivity contribution in [3.63, 3.8) is 0 Å². The number of cyclic esters (lactones) is 1. The minimum absolute atomic E-state index is 0.119. The number of carbonyl (C=O) groups is 4. The number of hydrogen-bond donors (Lipinski definition) is 2. The summed E-state index contributed by atoms with van der Waals surface area (Å²) in [4.78, 5) is 58.4. The summed E-state index contributed by atoms with van der Waals surface area (Å²) in [6, 6.07) is 3.19. The summed E-state index contributed by atoms with van der Waals surface area (Å²) in [6.45, 7) is 1.71. The number of ether oxygens (including phenoxy) is 3. The fourth-order valence-corrected chi connectivity index (χ4v) is 5.52. The molecule has 2 aromatic rings. The third kappa shape index (κ3) is 5.78. The Kier molecular flexibility index (Phi) is 7.39. The van der Waals surface area contributed by atoms with E-state index in [0.29, 0.717) is 50.2 Å². The minimum Gasteiger partial charge on any atom is -0.492 e.